The summed E-state index contributed by atoms with van der Waals surface area (Å²) in [4.78, 5) is 4.62. The molecular weight excluding hydrogens is 338 g/mol. The van der Waals surface area contributed by atoms with E-state index in [0.29, 0.717) is 0 Å². The van der Waals surface area contributed by atoms with E-state index in [4.69, 9.17) is 0 Å². The van der Waals surface area contributed by atoms with Crippen LogP contribution in [0.2, 0.25) is 0 Å². The van der Waals surface area contributed by atoms with E-state index >= 15 is 0 Å². The second kappa shape index (κ2) is 8.77. The van der Waals surface area contributed by atoms with Crippen LogP contribution in [-0.4, -0.2) is 11.2 Å². The largest absolute Gasteiger partial charge is 0.253 e. The molecule has 4 heteroatoms. The molecule has 0 saturated carbocycles. The van der Waals surface area contributed by atoms with E-state index in [1.165, 1.54) is 22.3 Å². The lowest BCUT2D eigenvalue weighted by Gasteiger charge is -2.12. The first kappa shape index (κ1) is 18.3. The van der Waals surface area contributed by atoms with Crippen LogP contribution >= 0.6 is 11.3 Å². The summed E-state index contributed by atoms with van der Waals surface area (Å²) in [6.07, 6.45) is 5.03. The fourth-order valence-corrected chi connectivity index (χ4v) is 3.69. The lowest BCUT2D eigenvalue weighted by atomic mass is 9.94. The molecule has 26 heavy (non-hydrogen) atoms. The Morgan fingerprint density at radius 2 is 1.69 bits per heavy atom. The minimum Gasteiger partial charge on any atom is -0.253 e. The Kier molecular flexibility index (Phi) is 6.18. The standard InChI is InChI=1S/C22H25N3S/c1-4-16-12-17(5-2)20(18(6-3)13-16)14-23-25-22-24-21(15-26-22)19-10-8-7-9-11-19/h7-15H,4-6H2,1-3H3,(H,24,25). The van der Waals surface area contributed by atoms with E-state index in [2.05, 4.69) is 65.9 Å². The van der Waals surface area contributed by atoms with Crippen molar-refractivity contribution in [2.45, 2.75) is 40.0 Å². The molecule has 0 aliphatic heterocycles. The van der Waals surface area contributed by atoms with Gasteiger partial charge in [0, 0.05) is 16.5 Å². The van der Waals surface area contributed by atoms with Crippen molar-refractivity contribution in [3.05, 3.63) is 70.1 Å². The summed E-state index contributed by atoms with van der Waals surface area (Å²) < 4.78 is 0. The van der Waals surface area contributed by atoms with Crippen molar-refractivity contribution in [1.82, 2.24) is 4.98 Å². The number of benzene rings is 2. The fraction of sp³-hybridized carbons (Fsp3) is 0.273. The van der Waals surface area contributed by atoms with Crippen LogP contribution in [-0.2, 0) is 19.3 Å². The average Bonchev–Trinajstić information content (AvgIpc) is 3.17. The maximum Gasteiger partial charge on any atom is 0.203 e. The van der Waals surface area contributed by atoms with Crippen LogP contribution in [0.3, 0.4) is 0 Å². The van der Waals surface area contributed by atoms with E-state index in [1.807, 2.05) is 24.4 Å². The van der Waals surface area contributed by atoms with Gasteiger partial charge in [0.1, 0.15) is 0 Å². The maximum absolute atomic E-state index is 4.62. The Bertz CT molecular complexity index is 856. The van der Waals surface area contributed by atoms with Gasteiger partial charge in [-0.05, 0) is 36.0 Å². The first-order valence-corrected chi connectivity index (χ1v) is 10.1. The third kappa shape index (κ3) is 4.20. The van der Waals surface area contributed by atoms with Gasteiger partial charge in [-0.2, -0.15) is 5.10 Å². The molecule has 2 aromatic carbocycles. The number of hydrazone groups is 1. The van der Waals surface area contributed by atoms with Gasteiger partial charge in [0.05, 0.1) is 11.9 Å². The van der Waals surface area contributed by atoms with Crippen molar-refractivity contribution in [1.29, 1.82) is 0 Å². The summed E-state index contributed by atoms with van der Waals surface area (Å²) >= 11 is 1.57. The molecule has 0 aliphatic rings. The molecule has 0 unspecified atom stereocenters. The monoisotopic (exact) mass is 363 g/mol. The van der Waals surface area contributed by atoms with Gasteiger partial charge in [-0.3, -0.25) is 5.43 Å². The number of aromatic nitrogens is 1. The van der Waals surface area contributed by atoms with E-state index in [0.717, 1.165) is 35.7 Å². The normalized spacial score (nSPS) is 11.2. The van der Waals surface area contributed by atoms with Crippen LogP contribution < -0.4 is 5.43 Å². The van der Waals surface area contributed by atoms with Gasteiger partial charge in [-0.15, -0.1) is 11.3 Å². The first-order valence-electron chi connectivity index (χ1n) is 9.19. The second-order valence-corrected chi connectivity index (χ2v) is 7.02. The summed E-state index contributed by atoms with van der Waals surface area (Å²) in [5, 5.41) is 7.33. The topological polar surface area (TPSA) is 37.3 Å². The van der Waals surface area contributed by atoms with Crippen molar-refractivity contribution < 1.29 is 0 Å². The minimum atomic E-state index is 0.807. The van der Waals surface area contributed by atoms with Crippen LogP contribution in [0.25, 0.3) is 11.3 Å². The van der Waals surface area contributed by atoms with Crippen molar-refractivity contribution in [3.63, 3.8) is 0 Å². The van der Waals surface area contributed by atoms with Gasteiger partial charge < -0.3 is 0 Å². The molecule has 0 aliphatic carbocycles. The molecule has 3 nitrogen and oxygen atoms in total. The first-order chi connectivity index (χ1) is 12.7. The highest BCUT2D eigenvalue weighted by molar-refractivity contribution is 7.14. The van der Waals surface area contributed by atoms with Gasteiger partial charge in [-0.25, -0.2) is 4.98 Å². The predicted octanol–water partition coefficient (Wildman–Crippen LogP) is 5.94. The lowest BCUT2D eigenvalue weighted by Crippen LogP contribution is -2.02. The molecule has 0 saturated heterocycles. The minimum absolute atomic E-state index is 0.807. The van der Waals surface area contributed by atoms with E-state index in [-0.39, 0.29) is 0 Å². The van der Waals surface area contributed by atoms with Crippen LogP contribution in [0.5, 0.6) is 0 Å². The Labute approximate surface area is 159 Å². The van der Waals surface area contributed by atoms with Gasteiger partial charge in [0.25, 0.3) is 0 Å². The highest BCUT2D eigenvalue weighted by Crippen LogP contribution is 2.24. The zero-order valence-corrected chi connectivity index (χ0v) is 16.4. The van der Waals surface area contributed by atoms with Gasteiger partial charge in [-0.1, -0.05) is 63.2 Å². The van der Waals surface area contributed by atoms with Crippen molar-refractivity contribution in [2.24, 2.45) is 5.10 Å². The molecular formula is C22H25N3S. The average molecular weight is 364 g/mol. The number of hydrogen-bond donors (Lipinski definition) is 1. The molecule has 3 rings (SSSR count). The maximum atomic E-state index is 4.62. The zero-order chi connectivity index (χ0) is 18.4. The molecule has 1 aromatic heterocycles. The molecule has 1 N–H and O–H groups in total. The Hall–Kier alpha value is -2.46. The summed E-state index contributed by atoms with van der Waals surface area (Å²) in [6, 6.07) is 14.8. The number of thiazole rings is 1. The summed E-state index contributed by atoms with van der Waals surface area (Å²) in [5.74, 6) is 0. The number of nitrogens with zero attached hydrogens (tertiary/aromatic N) is 2. The highest BCUT2D eigenvalue weighted by atomic mass is 32.1. The lowest BCUT2D eigenvalue weighted by molar-refractivity contribution is 1.04. The van der Waals surface area contributed by atoms with Gasteiger partial charge >= 0.3 is 0 Å². The molecule has 0 amide bonds. The van der Waals surface area contributed by atoms with Gasteiger partial charge in [0.15, 0.2) is 0 Å². The summed E-state index contributed by atoms with van der Waals surface area (Å²) in [6.45, 7) is 6.61. The van der Waals surface area contributed by atoms with Crippen LogP contribution in [0.1, 0.15) is 43.0 Å². The number of rotatable bonds is 7. The fourth-order valence-electron chi connectivity index (χ4n) is 3.02. The SMILES string of the molecule is CCc1cc(CC)c(C=NNc2nc(-c3ccccc3)cs2)c(CC)c1. The summed E-state index contributed by atoms with van der Waals surface area (Å²) in [7, 11) is 0. The van der Waals surface area contributed by atoms with E-state index < -0.39 is 0 Å². The smallest absolute Gasteiger partial charge is 0.203 e. The number of anilines is 1. The Balaban J connectivity index is 1.78. The van der Waals surface area contributed by atoms with Crippen molar-refractivity contribution >= 4 is 22.7 Å². The van der Waals surface area contributed by atoms with Gasteiger partial charge in [0.2, 0.25) is 5.13 Å². The molecule has 0 fully saturated rings. The number of aryl methyl sites for hydroxylation is 3. The van der Waals surface area contributed by atoms with E-state index in [1.54, 1.807) is 11.3 Å². The summed E-state index contributed by atoms with van der Waals surface area (Å²) in [5.41, 5.74) is 10.5. The van der Waals surface area contributed by atoms with Crippen LogP contribution in [0.15, 0.2) is 52.9 Å². The van der Waals surface area contributed by atoms with Crippen LogP contribution in [0, 0.1) is 0 Å². The van der Waals surface area contributed by atoms with Crippen molar-refractivity contribution in [3.8, 4) is 11.3 Å². The Morgan fingerprint density at radius 3 is 2.31 bits per heavy atom. The molecule has 3 aromatic rings. The number of hydrogen-bond acceptors (Lipinski definition) is 4. The molecule has 134 valence electrons. The molecule has 0 atom stereocenters. The third-order valence-corrected chi connectivity index (χ3v) is 5.26. The van der Waals surface area contributed by atoms with Crippen LogP contribution in [0.4, 0.5) is 5.13 Å². The Morgan fingerprint density at radius 1 is 1.00 bits per heavy atom. The van der Waals surface area contributed by atoms with E-state index in [9.17, 15) is 0 Å². The second-order valence-electron chi connectivity index (χ2n) is 6.16. The van der Waals surface area contributed by atoms with Crippen molar-refractivity contribution in [2.75, 3.05) is 5.43 Å². The molecule has 0 spiro atoms. The quantitative estimate of drug-likeness (QED) is 0.416. The molecule has 0 radical (unpaired) electrons. The molecule has 0 bridgehead atoms. The zero-order valence-electron chi connectivity index (χ0n) is 15.6. The third-order valence-electron chi connectivity index (χ3n) is 4.51. The highest BCUT2D eigenvalue weighted by Gasteiger charge is 2.07. The number of nitrogens with one attached hydrogen (secondary N) is 1. The molecule has 1 heterocycles. The predicted molar refractivity (Wildman–Crippen MR) is 113 cm³/mol.